The zero-order chi connectivity index (χ0) is 20.4. The van der Waals surface area contributed by atoms with Crippen LogP contribution in [0.1, 0.15) is 11.1 Å². The van der Waals surface area contributed by atoms with E-state index in [9.17, 15) is 9.18 Å². The fraction of sp³-hybridized carbons (Fsp3) is 0.150. The number of allylic oxidation sites excluding steroid dienone is 2. The van der Waals surface area contributed by atoms with Crippen LogP contribution < -0.4 is 15.4 Å². The lowest BCUT2D eigenvalue weighted by molar-refractivity contribution is -0.119. The third-order valence-electron chi connectivity index (χ3n) is 4.28. The van der Waals surface area contributed by atoms with Crippen molar-refractivity contribution in [2.45, 2.75) is 19.5 Å². The van der Waals surface area contributed by atoms with Gasteiger partial charge in [0.15, 0.2) is 11.6 Å². The molecule has 0 bridgehead atoms. The number of ether oxygens (including phenoxy) is 1. The summed E-state index contributed by atoms with van der Waals surface area (Å²) in [4.78, 5) is 16.4. The molecular formula is C20H17BrFN5O2. The van der Waals surface area contributed by atoms with Crippen molar-refractivity contribution in [1.29, 1.82) is 0 Å². The number of aromatic nitrogens is 1. The Labute approximate surface area is 175 Å². The minimum absolute atomic E-state index is 0.000550. The number of guanidine groups is 1. The number of rotatable bonds is 4. The first-order valence-electron chi connectivity index (χ1n) is 8.85. The van der Waals surface area contributed by atoms with Crippen molar-refractivity contribution in [3.8, 4) is 11.6 Å². The van der Waals surface area contributed by atoms with Crippen LogP contribution in [0.25, 0.3) is 0 Å². The maximum Gasteiger partial charge on any atom is 0.231 e. The molecule has 3 heterocycles. The first-order chi connectivity index (χ1) is 14.0. The summed E-state index contributed by atoms with van der Waals surface area (Å²) >= 11 is 3.40. The molecule has 0 saturated heterocycles. The van der Waals surface area contributed by atoms with E-state index in [2.05, 4.69) is 36.6 Å². The second kappa shape index (κ2) is 8.04. The van der Waals surface area contributed by atoms with Gasteiger partial charge in [-0.3, -0.25) is 10.1 Å². The number of fused-ring (bicyclic) bond motifs is 1. The molecule has 2 aromatic rings. The largest absolute Gasteiger partial charge is 0.436 e. The lowest BCUT2D eigenvalue weighted by Gasteiger charge is -2.19. The minimum atomic E-state index is -0.561. The van der Waals surface area contributed by atoms with Gasteiger partial charge in [0.2, 0.25) is 17.7 Å². The van der Waals surface area contributed by atoms with Crippen molar-refractivity contribution in [2.75, 3.05) is 0 Å². The van der Waals surface area contributed by atoms with E-state index in [1.807, 2.05) is 25.1 Å². The summed E-state index contributed by atoms with van der Waals surface area (Å²) in [6, 6.07) is 8.02. The average molecular weight is 458 g/mol. The van der Waals surface area contributed by atoms with E-state index in [1.54, 1.807) is 29.5 Å². The van der Waals surface area contributed by atoms with E-state index in [1.165, 1.54) is 12.1 Å². The van der Waals surface area contributed by atoms with Gasteiger partial charge in [-0.15, -0.1) is 5.10 Å². The lowest BCUT2D eigenvalue weighted by Crippen LogP contribution is -2.43. The highest BCUT2D eigenvalue weighted by Crippen LogP contribution is 2.26. The molecule has 0 aliphatic carbocycles. The Balaban J connectivity index is 1.37. The van der Waals surface area contributed by atoms with Gasteiger partial charge in [-0.1, -0.05) is 28.1 Å². The van der Waals surface area contributed by atoms with E-state index in [4.69, 9.17) is 4.74 Å². The Hall–Kier alpha value is -3.20. The number of nitrogens with one attached hydrogen (secondary N) is 2. The van der Waals surface area contributed by atoms with Crippen molar-refractivity contribution in [1.82, 2.24) is 20.6 Å². The Kier molecular flexibility index (Phi) is 5.30. The van der Waals surface area contributed by atoms with Crippen LogP contribution in [-0.4, -0.2) is 28.0 Å². The SMILES string of the molecule is Cc1cccnc1Oc1ccc(CC(=O)NC2=NN3C=CC(Br)=CC3N2)cc1F. The molecule has 148 valence electrons. The molecule has 2 aliphatic heterocycles. The van der Waals surface area contributed by atoms with Crippen molar-refractivity contribution < 1.29 is 13.9 Å². The molecule has 0 spiro atoms. The van der Waals surface area contributed by atoms with Crippen molar-refractivity contribution in [3.63, 3.8) is 0 Å². The molecule has 0 radical (unpaired) electrons. The summed E-state index contributed by atoms with van der Waals surface area (Å²) < 4.78 is 20.9. The predicted molar refractivity (Wildman–Crippen MR) is 110 cm³/mol. The number of benzene rings is 1. The normalized spacial score (nSPS) is 17.2. The average Bonchev–Trinajstić information content (AvgIpc) is 3.06. The molecular weight excluding hydrogens is 441 g/mol. The first-order valence-corrected chi connectivity index (χ1v) is 9.64. The number of hydrazone groups is 1. The Morgan fingerprint density at radius 1 is 1.41 bits per heavy atom. The Bertz CT molecular complexity index is 1050. The van der Waals surface area contributed by atoms with Crippen LogP contribution in [0, 0.1) is 12.7 Å². The van der Waals surface area contributed by atoms with Crippen LogP contribution in [0.5, 0.6) is 11.6 Å². The van der Waals surface area contributed by atoms with E-state index in [0.29, 0.717) is 17.4 Å². The molecule has 4 rings (SSSR count). The van der Waals surface area contributed by atoms with Crippen LogP contribution in [0.2, 0.25) is 0 Å². The molecule has 7 nitrogen and oxygen atoms in total. The number of aryl methyl sites for hydroxylation is 1. The molecule has 9 heteroatoms. The molecule has 1 atom stereocenters. The molecule has 2 aliphatic rings. The highest BCUT2D eigenvalue weighted by atomic mass is 79.9. The molecule has 1 amide bonds. The number of nitrogens with zero attached hydrogens (tertiary/aromatic N) is 3. The van der Waals surface area contributed by atoms with Gasteiger partial charge < -0.3 is 10.1 Å². The molecule has 29 heavy (non-hydrogen) atoms. The van der Waals surface area contributed by atoms with Crippen LogP contribution in [0.4, 0.5) is 4.39 Å². The van der Waals surface area contributed by atoms with Gasteiger partial charge >= 0.3 is 0 Å². The topological polar surface area (TPSA) is 78.8 Å². The monoisotopic (exact) mass is 457 g/mol. The summed E-state index contributed by atoms with van der Waals surface area (Å²) in [6.45, 7) is 1.83. The zero-order valence-electron chi connectivity index (χ0n) is 15.4. The van der Waals surface area contributed by atoms with Crippen LogP contribution >= 0.6 is 15.9 Å². The van der Waals surface area contributed by atoms with Crippen molar-refractivity contribution in [3.05, 3.63) is 76.3 Å². The fourth-order valence-electron chi connectivity index (χ4n) is 2.85. The van der Waals surface area contributed by atoms with E-state index in [-0.39, 0.29) is 24.2 Å². The number of carbonyl (C=O) groups is 1. The third kappa shape index (κ3) is 4.45. The summed E-state index contributed by atoms with van der Waals surface area (Å²) in [5, 5.41) is 11.7. The maximum atomic E-state index is 14.4. The Morgan fingerprint density at radius 3 is 3.07 bits per heavy atom. The molecule has 1 aromatic heterocycles. The molecule has 0 fully saturated rings. The van der Waals surface area contributed by atoms with Gasteiger partial charge in [-0.2, -0.15) is 0 Å². The number of pyridine rings is 1. The molecule has 1 aromatic carbocycles. The third-order valence-corrected chi connectivity index (χ3v) is 4.80. The smallest absolute Gasteiger partial charge is 0.231 e. The lowest BCUT2D eigenvalue weighted by atomic mass is 10.1. The van der Waals surface area contributed by atoms with E-state index >= 15 is 0 Å². The Morgan fingerprint density at radius 2 is 2.28 bits per heavy atom. The van der Waals surface area contributed by atoms with Crippen molar-refractivity contribution in [2.24, 2.45) is 5.10 Å². The predicted octanol–water partition coefficient (Wildman–Crippen LogP) is 3.29. The number of halogens is 2. The van der Waals surface area contributed by atoms with Gasteiger partial charge in [0, 0.05) is 22.4 Å². The van der Waals surface area contributed by atoms with Gasteiger partial charge in [0.05, 0.1) is 6.42 Å². The summed E-state index contributed by atoms with van der Waals surface area (Å²) in [6.07, 6.45) is 6.98. The number of carbonyl (C=O) groups excluding carboxylic acids is 1. The summed E-state index contributed by atoms with van der Waals surface area (Å²) in [5.41, 5.74) is 1.32. The summed E-state index contributed by atoms with van der Waals surface area (Å²) in [5.74, 6) is -0.132. The minimum Gasteiger partial charge on any atom is -0.436 e. The number of hydrogen-bond acceptors (Lipinski definition) is 6. The van der Waals surface area contributed by atoms with Gasteiger partial charge in [-0.25, -0.2) is 14.4 Å². The fourth-order valence-corrected chi connectivity index (χ4v) is 3.22. The van der Waals surface area contributed by atoms with E-state index < -0.39 is 5.82 Å². The van der Waals surface area contributed by atoms with Crippen LogP contribution in [0.15, 0.2) is 64.5 Å². The molecule has 2 N–H and O–H groups in total. The first kappa shape index (κ1) is 19.1. The summed E-state index contributed by atoms with van der Waals surface area (Å²) in [7, 11) is 0. The van der Waals surface area contributed by atoms with Gasteiger partial charge in [0.1, 0.15) is 6.17 Å². The second-order valence-electron chi connectivity index (χ2n) is 6.50. The zero-order valence-corrected chi connectivity index (χ0v) is 17.0. The highest BCUT2D eigenvalue weighted by Gasteiger charge is 2.25. The maximum absolute atomic E-state index is 14.4. The van der Waals surface area contributed by atoms with Gasteiger partial charge in [-0.05, 0) is 42.8 Å². The molecule has 0 saturated carbocycles. The van der Waals surface area contributed by atoms with E-state index in [0.717, 1.165) is 10.0 Å². The standard InChI is InChI=1S/C20H17BrFN5O2/c1-12-3-2-7-23-19(12)29-16-5-4-13(9-15(16)22)10-18(28)25-20-24-17-11-14(21)6-8-27(17)26-20/h2-9,11,17H,10H2,1H3,(H2,24,25,26,28). The molecule has 1 unspecified atom stereocenters. The number of amides is 1. The quantitative estimate of drug-likeness (QED) is 0.736. The second-order valence-corrected chi connectivity index (χ2v) is 7.42. The number of hydrogen-bond donors (Lipinski definition) is 2. The van der Waals surface area contributed by atoms with Crippen LogP contribution in [-0.2, 0) is 11.2 Å². The van der Waals surface area contributed by atoms with Crippen LogP contribution in [0.3, 0.4) is 0 Å². The van der Waals surface area contributed by atoms with Gasteiger partial charge in [0.25, 0.3) is 0 Å². The van der Waals surface area contributed by atoms with Crippen molar-refractivity contribution >= 4 is 27.8 Å². The highest BCUT2D eigenvalue weighted by molar-refractivity contribution is 9.11.